The Bertz CT molecular complexity index is 607. The van der Waals surface area contributed by atoms with E-state index in [9.17, 15) is 14.0 Å². The zero-order valence-corrected chi connectivity index (χ0v) is 11.1. The number of benzene rings is 1. The van der Waals surface area contributed by atoms with Crippen LogP contribution in [0.25, 0.3) is 4.85 Å². The van der Waals surface area contributed by atoms with Crippen molar-refractivity contribution in [3.8, 4) is 0 Å². The zero-order valence-electron chi connectivity index (χ0n) is 11.1. The van der Waals surface area contributed by atoms with Crippen molar-refractivity contribution in [2.24, 2.45) is 0 Å². The van der Waals surface area contributed by atoms with Gasteiger partial charge in [-0.05, 0) is 18.6 Å². The number of halogens is 1. The first-order valence-electron chi connectivity index (χ1n) is 6.23. The molecule has 1 aliphatic rings. The molecule has 1 aliphatic heterocycles. The van der Waals surface area contributed by atoms with Crippen LogP contribution in [-0.2, 0) is 4.79 Å². The van der Waals surface area contributed by atoms with Gasteiger partial charge >= 0.3 is 0 Å². The van der Waals surface area contributed by atoms with Crippen LogP contribution in [-0.4, -0.2) is 42.8 Å². The van der Waals surface area contributed by atoms with E-state index >= 15 is 0 Å². The van der Waals surface area contributed by atoms with E-state index in [-0.39, 0.29) is 30.5 Å². The van der Waals surface area contributed by atoms with E-state index < -0.39 is 5.82 Å². The summed E-state index contributed by atoms with van der Waals surface area (Å²) in [6.07, 6.45) is 0. The molecule has 20 heavy (non-hydrogen) atoms. The summed E-state index contributed by atoms with van der Waals surface area (Å²) >= 11 is 0. The molecule has 1 amide bonds. The van der Waals surface area contributed by atoms with Crippen LogP contribution < -0.4 is 5.32 Å². The fourth-order valence-electron chi connectivity index (χ4n) is 2.18. The second kappa shape index (κ2) is 5.80. The number of nitrogens with one attached hydrogen (secondary N) is 1. The molecule has 1 aromatic rings. The lowest BCUT2D eigenvalue weighted by molar-refractivity contribution is -0.131. The molecule has 0 bridgehead atoms. The largest absolute Gasteiger partial charge is 0.333 e. The SMILES string of the molecule is [C-]#[N+]c1c(F)ccc(C(=O)CN2CCNCC2=O)c1C. The molecule has 104 valence electrons. The first-order chi connectivity index (χ1) is 9.54. The summed E-state index contributed by atoms with van der Waals surface area (Å²) in [5, 5.41) is 2.92. The van der Waals surface area contributed by atoms with Gasteiger partial charge in [0.05, 0.1) is 19.7 Å². The van der Waals surface area contributed by atoms with Gasteiger partial charge < -0.3 is 10.2 Å². The van der Waals surface area contributed by atoms with Gasteiger partial charge in [0.25, 0.3) is 0 Å². The Hall–Kier alpha value is -2.26. The molecule has 6 heteroatoms. The maximum Gasteiger partial charge on any atom is 0.236 e. The van der Waals surface area contributed by atoms with Gasteiger partial charge in [-0.25, -0.2) is 9.24 Å². The molecule has 1 aromatic carbocycles. The third-order valence-corrected chi connectivity index (χ3v) is 3.32. The third-order valence-electron chi connectivity index (χ3n) is 3.32. The van der Waals surface area contributed by atoms with Gasteiger partial charge in [-0.15, -0.1) is 0 Å². The lowest BCUT2D eigenvalue weighted by atomic mass is 10.0. The van der Waals surface area contributed by atoms with Crippen LogP contribution in [0.1, 0.15) is 15.9 Å². The number of amides is 1. The minimum atomic E-state index is -0.632. The van der Waals surface area contributed by atoms with Crippen LogP contribution in [0.5, 0.6) is 0 Å². The molecule has 0 spiro atoms. The van der Waals surface area contributed by atoms with Crippen LogP contribution >= 0.6 is 0 Å². The van der Waals surface area contributed by atoms with E-state index in [0.717, 1.165) is 6.07 Å². The number of hydrogen-bond donors (Lipinski definition) is 1. The predicted octanol–water partition coefficient (Wildman–Crippen LogP) is 1.30. The van der Waals surface area contributed by atoms with Crippen LogP contribution in [0, 0.1) is 19.3 Å². The Labute approximate surface area is 116 Å². The summed E-state index contributed by atoms with van der Waals surface area (Å²) in [5.74, 6) is -1.04. The van der Waals surface area contributed by atoms with Crippen molar-refractivity contribution in [2.75, 3.05) is 26.2 Å². The van der Waals surface area contributed by atoms with Crippen LogP contribution in [0.3, 0.4) is 0 Å². The number of rotatable bonds is 3. The number of hydrogen-bond acceptors (Lipinski definition) is 3. The average Bonchev–Trinajstić information content (AvgIpc) is 2.42. The minimum absolute atomic E-state index is 0.0373. The molecule has 0 atom stereocenters. The lowest BCUT2D eigenvalue weighted by Crippen LogP contribution is -2.49. The summed E-state index contributed by atoms with van der Waals surface area (Å²) in [4.78, 5) is 28.4. The van der Waals surface area contributed by atoms with E-state index in [1.165, 1.54) is 11.0 Å². The number of nitrogens with zero attached hydrogens (tertiary/aromatic N) is 2. The van der Waals surface area contributed by atoms with E-state index in [1.807, 2.05) is 0 Å². The van der Waals surface area contributed by atoms with Crippen molar-refractivity contribution >= 4 is 17.4 Å². The smallest absolute Gasteiger partial charge is 0.236 e. The summed E-state index contributed by atoms with van der Waals surface area (Å²) in [6.45, 7) is 9.80. The third kappa shape index (κ3) is 2.68. The molecule has 1 fully saturated rings. The second-order valence-electron chi connectivity index (χ2n) is 4.60. The normalized spacial score (nSPS) is 15.1. The Morgan fingerprint density at radius 2 is 2.30 bits per heavy atom. The van der Waals surface area contributed by atoms with Gasteiger partial charge in [0.15, 0.2) is 5.78 Å². The van der Waals surface area contributed by atoms with Crippen molar-refractivity contribution in [1.82, 2.24) is 10.2 Å². The van der Waals surface area contributed by atoms with Crippen molar-refractivity contribution in [3.05, 3.63) is 40.5 Å². The van der Waals surface area contributed by atoms with Crippen LogP contribution in [0.4, 0.5) is 10.1 Å². The van der Waals surface area contributed by atoms with Gasteiger partial charge in [0.2, 0.25) is 11.6 Å². The van der Waals surface area contributed by atoms with E-state index in [4.69, 9.17) is 6.57 Å². The quantitative estimate of drug-likeness (QED) is 0.668. The molecule has 1 heterocycles. The molecule has 2 rings (SSSR count). The van der Waals surface area contributed by atoms with E-state index in [1.54, 1.807) is 6.92 Å². The fraction of sp³-hybridized carbons (Fsp3) is 0.357. The monoisotopic (exact) mass is 275 g/mol. The second-order valence-corrected chi connectivity index (χ2v) is 4.60. The Balaban J connectivity index is 2.22. The molecule has 0 aromatic heterocycles. The topological polar surface area (TPSA) is 53.8 Å². The molecular weight excluding hydrogens is 261 g/mol. The van der Waals surface area contributed by atoms with Crippen LogP contribution in [0.15, 0.2) is 12.1 Å². The molecule has 1 N–H and O–H groups in total. The molecule has 0 unspecified atom stereocenters. The van der Waals surface area contributed by atoms with Gasteiger partial charge in [-0.3, -0.25) is 9.59 Å². The highest BCUT2D eigenvalue weighted by atomic mass is 19.1. The number of Topliss-reactive ketones (excluding diaryl/α,β-unsaturated/α-hetero) is 1. The predicted molar refractivity (Wildman–Crippen MR) is 71.2 cm³/mol. The zero-order chi connectivity index (χ0) is 14.7. The van der Waals surface area contributed by atoms with Crippen molar-refractivity contribution < 1.29 is 14.0 Å². The molecule has 5 nitrogen and oxygen atoms in total. The summed E-state index contributed by atoms with van der Waals surface area (Å²) < 4.78 is 13.4. The standard InChI is InChI=1S/C14H14FN3O2/c1-9-10(3-4-11(15)14(9)16-2)12(19)8-18-6-5-17-7-13(18)20/h3-4,17H,5-8H2,1H3. The number of carbonyl (C=O) groups excluding carboxylic acids is 2. The summed E-state index contributed by atoms with van der Waals surface area (Å²) in [6, 6.07) is 2.49. The Morgan fingerprint density at radius 1 is 1.55 bits per heavy atom. The average molecular weight is 275 g/mol. The van der Waals surface area contributed by atoms with Gasteiger partial charge in [-0.2, -0.15) is 0 Å². The first-order valence-corrected chi connectivity index (χ1v) is 6.23. The minimum Gasteiger partial charge on any atom is -0.333 e. The maximum atomic E-state index is 13.4. The highest BCUT2D eigenvalue weighted by Gasteiger charge is 2.22. The molecular formula is C14H14FN3O2. The Morgan fingerprint density at radius 3 is 2.95 bits per heavy atom. The van der Waals surface area contributed by atoms with Crippen molar-refractivity contribution in [3.63, 3.8) is 0 Å². The summed E-state index contributed by atoms with van der Waals surface area (Å²) in [7, 11) is 0. The van der Waals surface area contributed by atoms with E-state index in [0.29, 0.717) is 24.2 Å². The fourth-order valence-corrected chi connectivity index (χ4v) is 2.18. The van der Waals surface area contributed by atoms with Gasteiger partial charge in [-0.1, -0.05) is 6.07 Å². The molecule has 0 saturated carbocycles. The van der Waals surface area contributed by atoms with Crippen LogP contribution in [0.2, 0.25) is 0 Å². The Kier molecular flexibility index (Phi) is 4.11. The van der Waals surface area contributed by atoms with Gasteiger partial charge in [0, 0.05) is 18.7 Å². The maximum absolute atomic E-state index is 13.4. The van der Waals surface area contributed by atoms with Crippen molar-refractivity contribution in [2.45, 2.75) is 6.92 Å². The molecule has 1 saturated heterocycles. The van der Waals surface area contributed by atoms with E-state index in [2.05, 4.69) is 10.2 Å². The summed E-state index contributed by atoms with van der Waals surface area (Å²) in [5.41, 5.74) is 0.485. The number of piperazine rings is 1. The highest BCUT2D eigenvalue weighted by Crippen LogP contribution is 2.26. The number of carbonyl (C=O) groups is 2. The lowest BCUT2D eigenvalue weighted by Gasteiger charge is -2.26. The first kappa shape index (κ1) is 14.2. The molecule has 0 radical (unpaired) electrons. The number of ketones is 1. The van der Waals surface area contributed by atoms with Crippen molar-refractivity contribution in [1.29, 1.82) is 0 Å². The molecule has 0 aliphatic carbocycles. The highest BCUT2D eigenvalue weighted by molar-refractivity contribution is 6.01. The van der Waals surface area contributed by atoms with Gasteiger partial charge in [0.1, 0.15) is 5.82 Å².